The fraction of sp³-hybridized carbons (Fsp3) is 0.0952. The van der Waals surface area contributed by atoms with Crippen molar-refractivity contribution in [2.75, 3.05) is 7.11 Å². The van der Waals surface area contributed by atoms with Gasteiger partial charge in [-0.1, -0.05) is 24.3 Å². The van der Waals surface area contributed by atoms with E-state index in [0.29, 0.717) is 32.9 Å². The maximum Gasteiger partial charge on any atom is 0.338 e. The van der Waals surface area contributed by atoms with Crippen molar-refractivity contribution in [3.8, 4) is 5.75 Å². The van der Waals surface area contributed by atoms with Crippen molar-refractivity contribution in [2.45, 2.75) is 6.42 Å². The van der Waals surface area contributed by atoms with Crippen molar-refractivity contribution in [3.05, 3.63) is 76.9 Å². The second-order valence-corrected chi connectivity index (χ2v) is 6.23. The van der Waals surface area contributed by atoms with Crippen LogP contribution in [0.2, 0.25) is 0 Å². The third kappa shape index (κ3) is 2.70. The zero-order chi connectivity index (χ0) is 19.1. The molecule has 0 aliphatic carbocycles. The molecule has 0 spiro atoms. The van der Waals surface area contributed by atoms with Gasteiger partial charge in [-0.25, -0.2) is 13.6 Å². The standard InChI is InChI=1S/C21H15F2NO3/c1-27-21(26)13-5-3-7-15-17(13)18-16(25)9-8-12(20(18)24-15)10-11-4-2-6-14(22)19(11)23/h2-9,24-25H,10H2,1H3. The summed E-state index contributed by atoms with van der Waals surface area (Å²) in [6.07, 6.45) is 0.126. The number of H-pyrrole nitrogens is 1. The van der Waals surface area contributed by atoms with E-state index in [1.807, 2.05) is 0 Å². The Morgan fingerprint density at radius 1 is 1.04 bits per heavy atom. The van der Waals surface area contributed by atoms with Gasteiger partial charge in [-0.15, -0.1) is 0 Å². The summed E-state index contributed by atoms with van der Waals surface area (Å²) in [5.74, 6) is -2.35. The van der Waals surface area contributed by atoms with Gasteiger partial charge in [0, 0.05) is 17.3 Å². The number of fused-ring (bicyclic) bond motifs is 3. The molecule has 3 aromatic carbocycles. The van der Waals surface area contributed by atoms with Crippen molar-refractivity contribution < 1.29 is 23.4 Å². The van der Waals surface area contributed by atoms with Gasteiger partial charge < -0.3 is 14.8 Å². The number of rotatable bonds is 3. The minimum atomic E-state index is -0.910. The van der Waals surface area contributed by atoms with Gasteiger partial charge in [0.1, 0.15) is 5.75 Å². The second-order valence-electron chi connectivity index (χ2n) is 6.23. The summed E-state index contributed by atoms with van der Waals surface area (Å²) in [5.41, 5.74) is 2.37. The van der Waals surface area contributed by atoms with Gasteiger partial charge in [-0.2, -0.15) is 0 Å². The molecular weight excluding hydrogens is 352 g/mol. The molecule has 1 heterocycles. The van der Waals surface area contributed by atoms with Crippen LogP contribution >= 0.6 is 0 Å². The van der Waals surface area contributed by atoms with Crippen LogP contribution in [0.25, 0.3) is 21.8 Å². The number of phenolic OH excluding ortho intramolecular Hbond substituents is 1. The Morgan fingerprint density at radius 3 is 2.59 bits per heavy atom. The number of esters is 1. The average molecular weight is 367 g/mol. The maximum atomic E-state index is 14.1. The number of carbonyl (C=O) groups is 1. The van der Waals surface area contributed by atoms with Gasteiger partial charge in [0.15, 0.2) is 11.6 Å². The van der Waals surface area contributed by atoms with E-state index in [4.69, 9.17) is 4.74 Å². The molecule has 6 heteroatoms. The van der Waals surface area contributed by atoms with Gasteiger partial charge in [-0.05, 0) is 35.4 Å². The number of hydrogen-bond acceptors (Lipinski definition) is 3. The summed E-state index contributed by atoms with van der Waals surface area (Å²) in [6.45, 7) is 0. The van der Waals surface area contributed by atoms with Crippen molar-refractivity contribution in [2.24, 2.45) is 0 Å². The summed E-state index contributed by atoms with van der Waals surface area (Å²) in [4.78, 5) is 15.3. The molecule has 0 amide bonds. The zero-order valence-electron chi connectivity index (χ0n) is 14.3. The Bertz CT molecular complexity index is 1200. The number of methoxy groups -OCH3 is 1. The Balaban J connectivity index is 1.98. The van der Waals surface area contributed by atoms with Crippen LogP contribution < -0.4 is 0 Å². The quantitative estimate of drug-likeness (QED) is 0.517. The first-order valence-electron chi connectivity index (χ1n) is 8.27. The first kappa shape index (κ1) is 17.0. The number of benzene rings is 3. The predicted molar refractivity (Wildman–Crippen MR) is 98.0 cm³/mol. The number of ether oxygens (including phenoxy) is 1. The van der Waals surface area contributed by atoms with E-state index in [-0.39, 0.29) is 17.7 Å². The molecule has 0 bridgehead atoms. The summed E-state index contributed by atoms with van der Waals surface area (Å²) < 4.78 is 32.5. The Labute approximate surface area is 153 Å². The van der Waals surface area contributed by atoms with Crippen molar-refractivity contribution in [1.82, 2.24) is 4.98 Å². The maximum absolute atomic E-state index is 14.1. The lowest BCUT2D eigenvalue weighted by atomic mass is 9.99. The molecule has 4 aromatic rings. The highest BCUT2D eigenvalue weighted by Crippen LogP contribution is 2.37. The lowest BCUT2D eigenvalue weighted by Crippen LogP contribution is -2.01. The summed E-state index contributed by atoms with van der Waals surface area (Å²) in [5, 5.41) is 11.4. The van der Waals surface area contributed by atoms with Gasteiger partial charge in [0.25, 0.3) is 0 Å². The minimum absolute atomic E-state index is 0.0175. The van der Waals surface area contributed by atoms with Crippen LogP contribution in [0.4, 0.5) is 8.78 Å². The molecule has 136 valence electrons. The highest BCUT2D eigenvalue weighted by molar-refractivity contribution is 6.19. The number of carbonyl (C=O) groups excluding carboxylic acids is 1. The van der Waals surface area contributed by atoms with E-state index >= 15 is 0 Å². The molecule has 0 saturated carbocycles. The Morgan fingerprint density at radius 2 is 1.81 bits per heavy atom. The predicted octanol–water partition coefficient (Wildman–Crippen LogP) is 4.68. The summed E-state index contributed by atoms with van der Waals surface area (Å²) in [7, 11) is 1.29. The van der Waals surface area contributed by atoms with E-state index in [1.165, 1.54) is 25.3 Å². The molecule has 0 atom stereocenters. The zero-order valence-corrected chi connectivity index (χ0v) is 14.3. The normalized spacial score (nSPS) is 11.2. The fourth-order valence-electron chi connectivity index (χ4n) is 3.41. The van der Waals surface area contributed by atoms with Crippen LogP contribution in [0.5, 0.6) is 5.75 Å². The smallest absolute Gasteiger partial charge is 0.338 e. The van der Waals surface area contributed by atoms with E-state index in [2.05, 4.69) is 4.98 Å². The highest BCUT2D eigenvalue weighted by Gasteiger charge is 2.19. The van der Waals surface area contributed by atoms with E-state index in [1.54, 1.807) is 24.3 Å². The molecule has 27 heavy (non-hydrogen) atoms. The van der Waals surface area contributed by atoms with Crippen LogP contribution in [-0.2, 0) is 11.2 Å². The minimum Gasteiger partial charge on any atom is -0.507 e. The molecule has 0 unspecified atom stereocenters. The molecule has 0 saturated heterocycles. The summed E-state index contributed by atoms with van der Waals surface area (Å²) >= 11 is 0. The third-order valence-corrected chi connectivity index (χ3v) is 4.66. The molecule has 0 radical (unpaired) electrons. The van der Waals surface area contributed by atoms with Crippen LogP contribution in [0.15, 0.2) is 48.5 Å². The molecule has 0 aliphatic heterocycles. The SMILES string of the molecule is COC(=O)c1cccc2[nH]c3c(Cc4cccc(F)c4F)ccc(O)c3c12. The van der Waals surface area contributed by atoms with Crippen molar-refractivity contribution >= 4 is 27.8 Å². The van der Waals surface area contributed by atoms with Crippen LogP contribution in [0, 0.1) is 11.6 Å². The van der Waals surface area contributed by atoms with Crippen molar-refractivity contribution in [1.29, 1.82) is 0 Å². The Kier molecular flexibility index (Phi) is 4.03. The van der Waals surface area contributed by atoms with Crippen LogP contribution in [0.1, 0.15) is 21.5 Å². The molecular formula is C21H15F2NO3. The average Bonchev–Trinajstić information content (AvgIpc) is 3.07. The first-order chi connectivity index (χ1) is 13.0. The summed E-state index contributed by atoms with van der Waals surface area (Å²) in [6, 6.07) is 12.2. The largest absolute Gasteiger partial charge is 0.507 e. The number of aromatic amines is 1. The lowest BCUT2D eigenvalue weighted by molar-refractivity contribution is 0.0603. The molecule has 4 nitrogen and oxygen atoms in total. The number of aromatic hydroxyl groups is 1. The van der Waals surface area contributed by atoms with Crippen LogP contribution in [-0.4, -0.2) is 23.2 Å². The molecule has 0 aliphatic rings. The number of hydrogen-bond donors (Lipinski definition) is 2. The Hall–Kier alpha value is -3.41. The van der Waals surface area contributed by atoms with E-state index < -0.39 is 17.6 Å². The van der Waals surface area contributed by atoms with Crippen molar-refractivity contribution in [3.63, 3.8) is 0 Å². The number of phenols is 1. The third-order valence-electron chi connectivity index (χ3n) is 4.66. The lowest BCUT2D eigenvalue weighted by Gasteiger charge is -2.07. The van der Waals surface area contributed by atoms with Gasteiger partial charge in [0.05, 0.1) is 23.6 Å². The monoisotopic (exact) mass is 367 g/mol. The fourth-order valence-corrected chi connectivity index (χ4v) is 3.41. The van der Waals surface area contributed by atoms with Gasteiger partial charge in [-0.3, -0.25) is 0 Å². The van der Waals surface area contributed by atoms with E-state index in [9.17, 15) is 18.7 Å². The molecule has 4 rings (SSSR count). The number of nitrogens with one attached hydrogen (secondary N) is 1. The molecule has 0 fully saturated rings. The number of halogens is 2. The van der Waals surface area contributed by atoms with Gasteiger partial charge >= 0.3 is 5.97 Å². The van der Waals surface area contributed by atoms with Gasteiger partial charge in [0.2, 0.25) is 0 Å². The highest BCUT2D eigenvalue weighted by atomic mass is 19.2. The second kappa shape index (κ2) is 6.39. The number of aromatic nitrogens is 1. The topological polar surface area (TPSA) is 62.3 Å². The first-order valence-corrected chi connectivity index (χ1v) is 8.27. The van der Waals surface area contributed by atoms with Crippen LogP contribution in [0.3, 0.4) is 0 Å². The van der Waals surface area contributed by atoms with E-state index in [0.717, 1.165) is 6.07 Å². The molecule has 1 aromatic heterocycles. The molecule has 2 N–H and O–H groups in total.